The molecule has 1 N–H and O–H groups in total. The molecule has 2 fully saturated rings. The third-order valence-electron chi connectivity index (χ3n) is 4.44. The molecule has 2 heterocycles. The minimum Gasteiger partial charge on any atom is -0.379 e. The summed E-state index contributed by atoms with van der Waals surface area (Å²) in [5.41, 5.74) is 1.75. The molecule has 6 heteroatoms. The standard InChI is InChI=1S/C17H26ClN3O2/c1-5-11(4)15(18)20-16-13(6-2)19-17(22)14(7-3)21(16)12-8-9-23-10-12/h6,12,14H,5,7-10H2,1-4H3,(H,19,22)/b13-6+,15-11?,20-16+/t12?,14-/m1/s1. The van der Waals surface area contributed by atoms with Crippen molar-refractivity contribution in [3.8, 4) is 0 Å². The second kappa shape index (κ2) is 7.97. The SMILES string of the molecule is C/C=C1/NC(=O)[C@@H](CC)N(C2CCOC2)/C1=N/C(Cl)=C(C)CC. The predicted octanol–water partition coefficient (Wildman–Crippen LogP) is 3.17. The van der Waals surface area contributed by atoms with E-state index in [1.165, 1.54) is 0 Å². The van der Waals surface area contributed by atoms with E-state index in [9.17, 15) is 4.79 Å². The molecule has 0 aromatic rings. The fourth-order valence-corrected chi connectivity index (χ4v) is 3.10. The predicted molar refractivity (Wildman–Crippen MR) is 93.3 cm³/mol. The van der Waals surface area contributed by atoms with Crippen LogP contribution in [0.2, 0.25) is 0 Å². The van der Waals surface area contributed by atoms with E-state index in [0.29, 0.717) is 23.9 Å². The van der Waals surface area contributed by atoms with Gasteiger partial charge in [-0.1, -0.05) is 31.5 Å². The first-order chi connectivity index (χ1) is 11.0. The van der Waals surface area contributed by atoms with Crippen molar-refractivity contribution < 1.29 is 9.53 Å². The minimum absolute atomic E-state index is 0.0127. The Morgan fingerprint density at radius 3 is 2.78 bits per heavy atom. The summed E-state index contributed by atoms with van der Waals surface area (Å²) >= 11 is 6.38. The highest BCUT2D eigenvalue weighted by Crippen LogP contribution is 2.26. The molecule has 2 aliphatic heterocycles. The molecule has 23 heavy (non-hydrogen) atoms. The first kappa shape index (κ1) is 18.0. The maximum absolute atomic E-state index is 12.4. The molecule has 1 amide bonds. The van der Waals surface area contributed by atoms with Crippen molar-refractivity contribution in [1.29, 1.82) is 0 Å². The average molecular weight is 340 g/mol. The topological polar surface area (TPSA) is 53.9 Å². The highest BCUT2D eigenvalue weighted by molar-refractivity contribution is 6.30. The van der Waals surface area contributed by atoms with E-state index in [2.05, 4.69) is 22.1 Å². The molecule has 0 radical (unpaired) electrons. The van der Waals surface area contributed by atoms with Crippen LogP contribution in [0.4, 0.5) is 0 Å². The largest absolute Gasteiger partial charge is 0.379 e. The summed E-state index contributed by atoms with van der Waals surface area (Å²) in [5, 5.41) is 3.46. The maximum Gasteiger partial charge on any atom is 0.247 e. The number of carbonyl (C=O) groups excluding carboxylic acids is 1. The Kier molecular flexibility index (Phi) is 6.25. The first-order valence-electron chi connectivity index (χ1n) is 8.30. The van der Waals surface area contributed by atoms with Gasteiger partial charge in [0.05, 0.1) is 18.3 Å². The van der Waals surface area contributed by atoms with Crippen LogP contribution in [0.25, 0.3) is 0 Å². The number of rotatable bonds is 4. The number of hydrogen-bond donors (Lipinski definition) is 1. The van der Waals surface area contributed by atoms with Crippen LogP contribution < -0.4 is 5.32 Å². The van der Waals surface area contributed by atoms with Crippen molar-refractivity contribution >= 4 is 23.3 Å². The number of nitrogens with zero attached hydrogens (tertiary/aromatic N) is 2. The van der Waals surface area contributed by atoms with E-state index in [4.69, 9.17) is 16.3 Å². The Morgan fingerprint density at radius 2 is 2.26 bits per heavy atom. The van der Waals surface area contributed by atoms with Gasteiger partial charge in [-0.05, 0) is 38.7 Å². The van der Waals surface area contributed by atoms with Crippen LogP contribution in [0.1, 0.15) is 47.0 Å². The van der Waals surface area contributed by atoms with Gasteiger partial charge in [0.15, 0.2) is 5.84 Å². The number of amidine groups is 1. The van der Waals surface area contributed by atoms with Crippen molar-refractivity contribution in [2.75, 3.05) is 13.2 Å². The quantitative estimate of drug-likeness (QED) is 0.800. The molecular weight excluding hydrogens is 314 g/mol. The highest BCUT2D eigenvalue weighted by atomic mass is 35.5. The second-order valence-corrected chi connectivity index (χ2v) is 6.26. The number of aliphatic imine (C=N–C) groups is 1. The number of hydrogen-bond acceptors (Lipinski definition) is 3. The van der Waals surface area contributed by atoms with Crippen molar-refractivity contribution in [3.05, 3.63) is 22.5 Å². The molecule has 2 saturated heterocycles. The molecule has 0 aliphatic carbocycles. The summed E-state index contributed by atoms with van der Waals surface area (Å²) < 4.78 is 5.54. The zero-order valence-corrected chi connectivity index (χ0v) is 15.1. The molecule has 5 nitrogen and oxygen atoms in total. The summed E-state index contributed by atoms with van der Waals surface area (Å²) in [7, 11) is 0. The number of nitrogens with one attached hydrogen (secondary N) is 1. The Labute approximate surface area is 143 Å². The lowest BCUT2D eigenvalue weighted by atomic mass is 10.0. The van der Waals surface area contributed by atoms with Gasteiger partial charge in [0.2, 0.25) is 5.91 Å². The molecule has 2 aliphatic rings. The van der Waals surface area contributed by atoms with Crippen molar-refractivity contribution in [3.63, 3.8) is 0 Å². The van der Waals surface area contributed by atoms with Crippen LogP contribution in [0, 0.1) is 0 Å². The lowest BCUT2D eigenvalue weighted by molar-refractivity contribution is -0.125. The van der Waals surface area contributed by atoms with Gasteiger partial charge in [0, 0.05) is 6.61 Å². The van der Waals surface area contributed by atoms with Crippen LogP contribution in [0.3, 0.4) is 0 Å². The number of carbonyl (C=O) groups is 1. The minimum atomic E-state index is -0.240. The molecule has 0 aromatic carbocycles. The highest BCUT2D eigenvalue weighted by Gasteiger charge is 2.40. The van der Waals surface area contributed by atoms with Gasteiger partial charge in [-0.3, -0.25) is 4.79 Å². The van der Waals surface area contributed by atoms with Gasteiger partial charge in [0.25, 0.3) is 0 Å². The molecule has 0 aromatic heterocycles. The van der Waals surface area contributed by atoms with Crippen molar-refractivity contribution in [2.24, 2.45) is 4.99 Å². The summed E-state index contributed by atoms with van der Waals surface area (Å²) in [6.45, 7) is 9.27. The Morgan fingerprint density at radius 1 is 1.52 bits per heavy atom. The van der Waals surface area contributed by atoms with Crippen LogP contribution in [0.15, 0.2) is 27.5 Å². The molecule has 2 rings (SSSR count). The number of piperazine rings is 1. The van der Waals surface area contributed by atoms with Crippen LogP contribution in [-0.4, -0.2) is 41.9 Å². The lowest BCUT2D eigenvalue weighted by Crippen LogP contribution is -2.60. The smallest absolute Gasteiger partial charge is 0.247 e. The summed E-state index contributed by atoms with van der Waals surface area (Å²) in [6, 6.07) is -0.0818. The van der Waals surface area contributed by atoms with Crippen LogP contribution in [0.5, 0.6) is 0 Å². The Bertz CT molecular complexity index is 548. The summed E-state index contributed by atoms with van der Waals surface area (Å²) in [4.78, 5) is 19.2. The lowest BCUT2D eigenvalue weighted by Gasteiger charge is -2.41. The molecule has 1 unspecified atom stereocenters. The van der Waals surface area contributed by atoms with Gasteiger partial charge >= 0.3 is 0 Å². The summed E-state index contributed by atoms with van der Waals surface area (Å²) in [5.74, 6) is 0.756. The molecular formula is C17H26ClN3O2. The monoisotopic (exact) mass is 339 g/mol. The third kappa shape index (κ3) is 3.78. The van der Waals surface area contributed by atoms with Gasteiger partial charge in [-0.25, -0.2) is 4.99 Å². The molecule has 128 valence electrons. The number of amides is 1. The normalized spacial score (nSPS) is 30.0. The Balaban J connectivity index is 2.50. The van der Waals surface area contributed by atoms with Gasteiger partial charge < -0.3 is 15.0 Å². The fraction of sp³-hybridized carbons (Fsp3) is 0.647. The maximum atomic E-state index is 12.4. The number of halogens is 1. The van der Waals surface area contributed by atoms with Crippen LogP contribution >= 0.6 is 11.6 Å². The second-order valence-electron chi connectivity index (χ2n) is 5.90. The molecule has 0 bridgehead atoms. The average Bonchev–Trinajstić information content (AvgIpc) is 3.08. The first-order valence-corrected chi connectivity index (χ1v) is 8.68. The zero-order valence-electron chi connectivity index (χ0n) is 14.4. The third-order valence-corrected chi connectivity index (χ3v) is 4.85. The van der Waals surface area contributed by atoms with Crippen molar-refractivity contribution in [1.82, 2.24) is 10.2 Å². The van der Waals surface area contributed by atoms with Crippen LogP contribution in [-0.2, 0) is 9.53 Å². The molecule has 0 spiro atoms. The van der Waals surface area contributed by atoms with E-state index >= 15 is 0 Å². The fourth-order valence-electron chi connectivity index (χ4n) is 2.89. The van der Waals surface area contributed by atoms with E-state index in [1.54, 1.807) is 0 Å². The number of allylic oxidation sites excluding steroid dienone is 2. The zero-order chi connectivity index (χ0) is 17.0. The molecule has 0 saturated carbocycles. The Hall–Kier alpha value is -1.33. The molecule has 2 atom stereocenters. The van der Waals surface area contributed by atoms with E-state index < -0.39 is 0 Å². The van der Waals surface area contributed by atoms with Gasteiger partial charge in [0.1, 0.15) is 11.2 Å². The van der Waals surface area contributed by atoms with Crippen molar-refractivity contribution in [2.45, 2.75) is 59.0 Å². The van der Waals surface area contributed by atoms with E-state index in [-0.39, 0.29) is 18.0 Å². The summed E-state index contributed by atoms with van der Waals surface area (Å²) in [6.07, 6.45) is 4.33. The van der Waals surface area contributed by atoms with E-state index in [0.717, 1.165) is 30.9 Å². The van der Waals surface area contributed by atoms with Gasteiger partial charge in [-0.15, -0.1) is 0 Å². The number of ether oxygens (including phenoxy) is 1. The van der Waals surface area contributed by atoms with E-state index in [1.807, 2.05) is 26.8 Å². The van der Waals surface area contributed by atoms with Gasteiger partial charge in [-0.2, -0.15) is 0 Å².